The Morgan fingerprint density at radius 1 is 0.842 bits per heavy atom. The summed E-state index contributed by atoms with van der Waals surface area (Å²) < 4.78 is 39.1. The summed E-state index contributed by atoms with van der Waals surface area (Å²) >= 11 is 11.3. The SMILES string of the molecule is OC(c1ccc(F)c(Cl)c1)c1cc(F)c(F)cc1Cl. The van der Waals surface area contributed by atoms with Crippen LogP contribution in [-0.2, 0) is 0 Å². The Morgan fingerprint density at radius 3 is 2.11 bits per heavy atom. The minimum atomic E-state index is -1.33. The van der Waals surface area contributed by atoms with Gasteiger partial charge < -0.3 is 5.11 Å². The van der Waals surface area contributed by atoms with Crippen LogP contribution in [0.25, 0.3) is 0 Å². The lowest BCUT2D eigenvalue weighted by Crippen LogP contribution is -2.03. The molecule has 0 aliphatic rings. The van der Waals surface area contributed by atoms with Crippen LogP contribution in [0.15, 0.2) is 30.3 Å². The second-order valence-electron chi connectivity index (χ2n) is 3.86. The highest BCUT2D eigenvalue weighted by molar-refractivity contribution is 6.31. The van der Waals surface area contributed by atoms with Crippen molar-refractivity contribution in [3.8, 4) is 0 Å². The molecule has 0 fully saturated rings. The quantitative estimate of drug-likeness (QED) is 0.810. The lowest BCUT2D eigenvalue weighted by atomic mass is 10.0. The van der Waals surface area contributed by atoms with E-state index in [0.717, 1.165) is 18.2 Å². The molecule has 100 valence electrons. The number of hydrogen-bond donors (Lipinski definition) is 1. The minimum absolute atomic E-state index is 0.0248. The van der Waals surface area contributed by atoms with Crippen molar-refractivity contribution in [3.63, 3.8) is 0 Å². The van der Waals surface area contributed by atoms with E-state index in [2.05, 4.69) is 0 Å². The Kier molecular flexibility index (Phi) is 4.04. The third-order valence-corrected chi connectivity index (χ3v) is 3.21. The first kappa shape index (κ1) is 14.2. The Morgan fingerprint density at radius 2 is 1.47 bits per heavy atom. The van der Waals surface area contributed by atoms with E-state index in [1.165, 1.54) is 12.1 Å². The molecule has 0 aromatic heterocycles. The molecule has 0 aliphatic heterocycles. The first-order valence-electron chi connectivity index (χ1n) is 5.17. The van der Waals surface area contributed by atoms with Gasteiger partial charge >= 0.3 is 0 Å². The fourth-order valence-corrected chi connectivity index (χ4v) is 2.05. The molecule has 0 spiro atoms. The zero-order chi connectivity index (χ0) is 14.2. The van der Waals surface area contributed by atoms with Gasteiger partial charge in [0.15, 0.2) is 11.6 Å². The van der Waals surface area contributed by atoms with Crippen molar-refractivity contribution in [3.05, 3.63) is 69.0 Å². The Bertz CT molecular complexity index is 632. The van der Waals surface area contributed by atoms with Gasteiger partial charge in [-0.15, -0.1) is 0 Å². The van der Waals surface area contributed by atoms with Gasteiger partial charge in [0.25, 0.3) is 0 Å². The van der Waals surface area contributed by atoms with E-state index in [0.29, 0.717) is 0 Å². The number of aliphatic hydroxyl groups excluding tert-OH is 1. The first-order chi connectivity index (χ1) is 8.90. The summed E-state index contributed by atoms with van der Waals surface area (Å²) in [6, 6.07) is 5.09. The number of benzene rings is 2. The molecule has 0 radical (unpaired) electrons. The number of rotatable bonds is 2. The molecule has 0 heterocycles. The molecule has 1 N–H and O–H groups in total. The van der Waals surface area contributed by atoms with E-state index in [1.54, 1.807) is 0 Å². The van der Waals surface area contributed by atoms with E-state index < -0.39 is 23.6 Å². The fraction of sp³-hybridized carbons (Fsp3) is 0.0769. The molecular formula is C13H7Cl2F3O. The molecule has 0 saturated carbocycles. The maximum Gasteiger partial charge on any atom is 0.160 e. The van der Waals surface area contributed by atoms with Gasteiger partial charge in [0, 0.05) is 10.6 Å². The van der Waals surface area contributed by atoms with E-state index in [1.807, 2.05) is 0 Å². The molecule has 0 bridgehead atoms. The van der Waals surface area contributed by atoms with Crippen LogP contribution < -0.4 is 0 Å². The molecule has 0 amide bonds. The van der Waals surface area contributed by atoms with E-state index in [9.17, 15) is 18.3 Å². The summed E-state index contributed by atoms with van der Waals surface area (Å²) in [6.45, 7) is 0. The molecule has 1 nitrogen and oxygen atoms in total. The van der Waals surface area contributed by atoms with E-state index >= 15 is 0 Å². The van der Waals surface area contributed by atoms with Gasteiger partial charge in [-0.05, 0) is 29.8 Å². The van der Waals surface area contributed by atoms with Gasteiger partial charge in [-0.25, -0.2) is 13.2 Å². The van der Waals surface area contributed by atoms with Gasteiger partial charge in [-0.3, -0.25) is 0 Å². The standard InChI is InChI=1S/C13H7Cl2F3O/c14-8-5-12(18)11(17)4-7(8)13(19)6-1-2-10(16)9(15)3-6/h1-5,13,19H. The van der Waals surface area contributed by atoms with Crippen LogP contribution in [-0.4, -0.2) is 5.11 Å². The van der Waals surface area contributed by atoms with Crippen LogP contribution >= 0.6 is 23.2 Å². The highest BCUT2D eigenvalue weighted by atomic mass is 35.5. The molecule has 6 heteroatoms. The summed E-state index contributed by atoms with van der Waals surface area (Å²) in [6.07, 6.45) is -1.33. The largest absolute Gasteiger partial charge is 0.384 e. The summed E-state index contributed by atoms with van der Waals surface area (Å²) in [4.78, 5) is 0. The van der Waals surface area contributed by atoms with Crippen molar-refractivity contribution in [1.82, 2.24) is 0 Å². The van der Waals surface area contributed by atoms with Crippen LogP contribution in [0.2, 0.25) is 10.0 Å². The molecule has 1 unspecified atom stereocenters. The van der Waals surface area contributed by atoms with Crippen molar-refractivity contribution in [1.29, 1.82) is 0 Å². The summed E-state index contributed by atoms with van der Waals surface area (Å²) in [5.74, 6) is -2.89. The van der Waals surface area contributed by atoms with Gasteiger partial charge in [-0.2, -0.15) is 0 Å². The summed E-state index contributed by atoms with van der Waals surface area (Å²) in [7, 11) is 0. The van der Waals surface area contributed by atoms with Crippen molar-refractivity contribution in [2.24, 2.45) is 0 Å². The predicted molar refractivity (Wildman–Crippen MR) is 66.8 cm³/mol. The molecule has 19 heavy (non-hydrogen) atoms. The third kappa shape index (κ3) is 2.86. The molecule has 0 saturated heterocycles. The maximum absolute atomic E-state index is 13.1. The lowest BCUT2D eigenvalue weighted by molar-refractivity contribution is 0.219. The van der Waals surface area contributed by atoms with Crippen LogP contribution in [0.3, 0.4) is 0 Å². The first-order valence-corrected chi connectivity index (χ1v) is 5.93. The van der Waals surface area contributed by atoms with Crippen LogP contribution in [0, 0.1) is 17.5 Å². The highest BCUT2D eigenvalue weighted by Gasteiger charge is 2.18. The fourth-order valence-electron chi connectivity index (χ4n) is 1.61. The summed E-state index contributed by atoms with van der Waals surface area (Å²) in [5, 5.41) is 9.73. The maximum atomic E-state index is 13.1. The predicted octanol–water partition coefficient (Wildman–Crippen LogP) is 4.49. The zero-order valence-electron chi connectivity index (χ0n) is 9.30. The van der Waals surface area contributed by atoms with Crippen molar-refractivity contribution in [2.45, 2.75) is 6.10 Å². The van der Waals surface area contributed by atoms with Crippen molar-refractivity contribution < 1.29 is 18.3 Å². The smallest absolute Gasteiger partial charge is 0.160 e. The average molecular weight is 307 g/mol. The van der Waals surface area contributed by atoms with Crippen LogP contribution in [0.4, 0.5) is 13.2 Å². The number of aliphatic hydroxyl groups is 1. The number of halogens is 5. The topological polar surface area (TPSA) is 20.2 Å². The molecule has 2 aromatic carbocycles. The van der Waals surface area contributed by atoms with Crippen LogP contribution in [0.5, 0.6) is 0 Å². The number of hydrogen-bond acceptors (Lipinski definition) is 1. The second kappa shape index (κ2) is 5.41. The van der Waals surface area contributed by atoms with Crippen molar-refractivity contribution in [2.75, 3.05) is 0 Å². The van der Waals surface area contributed by atoms with Gasteiger partial charge in [-0.1, -0.05) is 29.3 Å². The minimum Gasteiger partial charge on any atom is -0.384 e. The third-order valence-electron chi connectivity index (χ3n) is 2.59. The van der Waals surface area contributed by atoms with Gasteiger partial charge in [0.05, 0.1) is 5.02 Å². The second-order valence-corrected chi connectivity index (χ2v) is 4.68. The monoisotopic (exact) mass is 306 g/mol. The average Bonchev–Trinajstić information content (AvgIpc) is 2.36. The van der Waals surface area contributed by atoms with Gasteiger partial charge in [0.1, 0.15) is 11.9 Å². The van der Waals surface area contributed by atoms with Crippen molar-refractivity contribution >= 4 is 23.2 Å². The Labute approximate surface area is 117 Å². The normalized spacial score (nSPS) is 12.5. The van der Waals surface area contributed by atoms with E-state index in [-0.39, 0.29) is 21.2 Å². The Balaban J connectivity index is 2.46. The lowest BCUT2D eigenvalue weighted by Gasteiger charge is -2.14. The van der Waals surface area contributed by atoms with Gasteiger partial charge in [0.2, 0.25) is 0 Å². The van der Waals surface area contributed by atoms with Crippen LogP contribution in [0.1, 0.15) is 17.2 Å². The molecular weight excluding hydrogens is 300 g/mol. The molecule has 0 aliphatic carbocycles. The molecule has 1 atom stereocenters. The molecule has 2 rings (SSSR count). The Hall–Kier alpha value is -1.23. The zero-order valence-corrected chi connectivity index (χ0v) is 10.8. The molecule has 2 aromatic rings. The summed E-state index contributed by atoms with van der Waals surface area (Å²) in [5.41, 5.74) is 0.197. The highest BCUT2D eigenvalue weighted by Crippen LogP contribution is 2.31. The van der Waals surface area contributed by atoms with E-state index in [4.69, 9.17) is 23.2 Å².